The molecule has 0 spiro atoms. The van der Waals surface area contributed by atoms with Gasteiger partial charge in [0, 0.05) is 0 Å². The van der Waals surface area contributed by atoms with Gasteiger partial charge in [0.25, 0.3) is 0 Å². The molecule has 1 aliphatic rings. The predicted octanol–water partition coefficient (Wildman–Crippen LogP) is 6.50. The number of unbranched alkanes of at least 4 members (excludes halogenated alkanes) is 1. The first-order valence-electron chi connectivity index (χ1n) is 7.98. The Morgan fingerprint density at radius 3 is 2.43 bits per heavy atom. The summed E-state index contributed by atoms with van der Waals surface area (Å²) in [5.74, 6) is 0. The minimum atomic E-state index is -4.34. The van der Waals surface area contributed by atoms with Crippen LogP contribution >= 0.6 is 0 Å². The van der Waals surface area contributed by atoms with Crippen LogP contribution in [0.1, 0.15) is 42.9 Å². The van der Waals surface area contributed by atoms with E-state index in [0.717, 1.165) is 42.9 Å². The molecule has 2 aromatic carbocycles. The zero-order valence-electron chi connectivity index (χ0n) is 13.1. The Hall–Kier alpha value is -2.03. The lowest BCUT2D eigenvalue weighted by Crippen LogP contribution is -2.07. The average Bonchev–Trinajstić information content (AvgIpc) is 2.95. The zero-order valence-corrected chi connectivity index (χ0v) is 13.1. The van der Waals surface area contributed by atoms with Crippen molar-refractivity contribution < 1.29 is 13.2 Å². The van der Waals surface area contributed by atoms with Gasteiger partial charge in [-0.3, -0.25) is 0 Å². The molecule has 23 heavy (non-hydrogen) atoms. The first kappa shape index (κ1) is 15.9. The van der Waals surface area contributed by atoms with Gasteiger partial charge < -0.3 is 0 Å². The molecule has 0 saturated carbocycles. The van der Waals surface area contributed by atoms with Crippen molar-refractivity contribution in [2.45, 2.75) is 38.8 Å². The van der Waals surface area contributed by atoms with Gasteiger partial charge in [-0.05, 0) is 47.6 Å². The van der Waals surface area contributed by atoms with E-state index in [1.54, 1.807) is 18.2 Å². The fraction of sp³-hybridized carbons (Fsp3) is 0.300. The second-order valence-electron chi connectivity index (χ2n) is 6.00. The van der Waals surface area contributed by atoms with Crippen molar-refractivity contribution in [3.63, 3.8) is 0 Å². The summed E-state index contributed by atoms with van der Waals surface area (Å²) in [5.41, 5.74) is 3.79. The van der Waals surface area contributed by atoms with Crippen LogP contribution in [-0.2, 0) is 12.6 Å². The lowest BCUT2D eigenvalue weighted by atomic mass is 9.93. The highest BCUT2D eigenvalue weighted by molar-refractivity contribution is 5.82. The number of hydrogen-bond acceptors (Lipinski definition) is 0. The van der Waals surface area contributed by atoms with Crippen molar-refractivity contribution in [2.75, 3.05) is 0 Å². The van der Waals surface area contributed by atoms with Crippen molar-refractivity contribution in [1.82, 2.24) is 0 Å². The van der Waals surface area contributed by atoms with Crippen molar-refractivity contribution in [3.8, 4) is 11.1 Å². The third-order valence-corrected chi connectivity index (χ3v) is 4.34. The summed E-state index contributed by atoms with van der Waals surface area (Å²) in [4.78, 5) is 0. The molecule has 0 N–H and O–H groups in total. The number of alkyl halides is 3. The van der Waals surface area contributed by atoms with Gasteiger partial charge in [-0.15, -0.1) is 0 Å². The Labute approximate surface area is 134 Å². The van der Waals surface area contributed by atoms with Crippen LogP contribution in [0.4, 0.5) is 13.2 Å². The molecular weight excluding hydrogens is 297 g/mol. The summed E-state index contributed by atoms with van der Waals surface area (Å²) in [7, 11) is 0. The molecule has 0 atom stereocenters. The zero-order chi connectivity index (χ0) is 16.4. The van der Waals surface area contributed by atoms with Crippen molar-refractivity contribution in [1.29, 1.82) is 0 Å². The predicted molar refractivity (Wildman–Crippen MR) is 88.1 cm³/mol. The summed E-state index contributed by atoms with van der Waals surface area (Å²) in [5, 5.41) is 0. The van der Waals surface area contributed by atoms with Crippen molar-refractivity contribution in [2.24, 2.45) is 0 Å². The van der Waals surface area contributed by atoms with Crippen LogP contribution in [0, 0.1) is 0 Å². The fourth-order valence-corrected chi connectivity index (χ4v) is 3.20. The molecule has 1 aliphatic carbocycles. The van der Waals surface area contributed by atoms with Crippen molar-refractivity contribution >= 4 is 6.08 Å². The highest BCUT2D eigenvalue weighted by Crippen LogP contribution is 2.41. The molecule has 3 heteroatoms. The van der Waals surface area contributed by atoms with Gasteiger partial charge in [0.15, 0.2) is 0 Å². The Balaban J connectivity index is 2.08. The van der Waals surface area contributed by atoms with Crippen LogP contribution in [0.2, 0.25) is 0 Å². The fourth-order valence-electron chi connectivity index (χ4n) is 3.20. The van der Waals surface area contributed by atoms with Crippen LogP contribution in [0.15, 0.2) is 48.0 Å². The quantitative estimate of drug-likeness (QED) is 0.604. The third kappa shape index (κ3) is 3.19. The normalized spacial score (nSPS) is 13.8. The molecule has 3 rings (SSSR count). The standard InChI is InChI=1S/C20H19F3/c1-2-3-7-14-12-15-8-6-10-16(18(15)13-14)17-9-4-5-11-19(17)20(21,22)23/h4-6,8-11,13H,2-3,7,12H2,1H3. The largest absolute Gasteiger partial charge is 0.417 e. The van der Waals surface area contributed by atoms with E-state index in [2.05, 4.69) is 13.0 Å². The second kappa shape index (κ2) is 6.23. The second-order valence-corrected chi connectivity index (χ2v) is 6.00. The van der Waals surface area contributed by atoms with Gasteiger partial charge in [-0.25, -0.2) is 0 Å². The van der Waals surface area contributed by atoms with Crippen LogP contribution in [-0.4, -0.2) is 0 Å². The highest BCUT2D eigenvalue weighted by Gasteiger charge is 2.34. The molecule has 0 bridgehead atoms. The molecule has 0 unspecified atom stereocenters. The van der Waals surface area contributed by atoms with Crippen LogP contribution in [0.5, 0.6) is 0 Å². The lowest BCUT2D eigenvalue weighted by molar-refractivity contribution is -0.137. The number of hydrogen-bond donors (Lipinski definition) is 0. The summed E-state index contributed by atoms with van der Waals surface area (Å²) in [6.45, 7) is 2.15. The van der Waals surface area contributed by atoms with Crippen LogP contribution in [0.25, 0.3) is 17.2 Å². The van der Waals surface area contributed by atoms with Gasteiger partial charge in [0.2, 0.25) is 0 Å². The Morgan fingerprint density at radius 1 is 0.957 bits per heavy atom. The average molecular weight is 316 g/mol. The molecule has 0 radical (unpaired) electrons. The van der Waals surface area contributed by atoms with Crippen LogP contribution in [0.3, 0.4) is 0 Å². The van der Waals surface area contributed by atoms with Gasteiger partial charge in [-0.1, -0.05) is 61.4 Å². The first-order valence-corrected chi connectivity index (χ1v) is 7.98. The summed E-state index contributed by atoms with van der Waals surface area (Å²) in [6, 6.07) is 11.5. The van der Waals surface area contributed by atoms with Crippen molar-refractivity contribution in [3.05, 3.63) is 64.7 Å². The summed E-state index contributed by atoms with van der Waals surface area (Å²) in [6.07, 6.45) is 1.87. The monoisotopic (exact) mass is 316 g/mol. The van der Waals surface area contributed by atoms with Gasteiger partial charge in [0.1, 0.15) is 0 Å². The SMILES string of the molecule is CCCCC1=Cc2c(cccc2-c2ccccc2C(F)(F)F)C1. The molecule has 0 aliphatic heterocycles. The third-order valence-electron chi connectivity index (χ3n) is 4.34. The highest BCUT2D eigenvalue weighted by atomic mass is 19.4. The molecule has 0 amide bonds. The first-order chi connectivity index (χ1) is 11.0. The number of benzene rings is 2. The van der Waals surface area contributed by atoms with Gasteiger partial charge in [0.05, 0.1) is 5.56 Å². The maximum absolute atomic E-state index is 13.3. The molecule has 0 fully saturated rings. The van der Waals surface area contributed by atoms with Gasteiger partial charge >= 0.3 is 6.18 Å². The number of halogens is 3. The number of allylic oxidation sites excluding steroid dienone is 1. The molecule has 0 heterocycles. The van der Waals surface area contributed by atoms with E-state index in [1.807, 2.05) is 12.1 Å². The minimum Gasteiger partial charge on any atom is -0.166 e. The maximum atomic E-state index is 13.3. The minimum absolute atomic E-state index is 0.268. The van der Waals surface area contributed by atoms with Gasteiger partial charge in [-0.2, -0.15) is 13.2 Å². The Kier molecular flexibility index (Phi) is 4.29. The van der Waals surface area contributed by atoms with E-state index in [9.17, 15) is 13.2 Å². The maximum Gasteiger partial charge on any atom is 0.417 e. The molecule has 0 aromatic heterocycles. The summed E-state index contributed by atoms with van der Waals surface area (Å²) >= 11 is 0. The number of rotatable bonds is 4. The van der Waals surface area contributed by atoms with E-state index in [0.29, 0.717) is 5.56 Å². The van der Waals surface area contributed by atoms with E-state index in [1.165, 1.54) is 11.6 Å². The van der Waals surface area contributed by atoms with E-state index in [4.69, 9.17) is 0 Å². The molecule has 2 aromatic rings. The lowest BCUT2D eigenvalue weighted by Gasteiger charge is -2.15. The van der Waals surface area contributed by atoms with Crippen LogP contribution < -0.4 is 0 Å². The molecule has 0 saturated heterocycles. The Morgan fingerprint density at radius 2 is 1.70 bits per heavy atom. The smallest absolute Gasteiger partial charge is 0.166 e. The Bertz CT molecular complexity index is 739. The molecule has 120 valence electrons. The topological polar surface area (TPSA) is 0 Å². The van der Waals surface area contributed by atoms with E-state index in [-0.39, 0.29) is 5.56 Å². The summed E-state index contributed by atoms with van der Waals surface area (Å²) < 4.78 is 39.9. The van der Waals surface area contributed by atoms with E-state index < -0.39 is 11.7 Å². The molecule has 0 nitrogen and oxygen atoms in total. The number of fused-ring (bicyclic) bond motifs is 1. The van der Waals surface area contributed by atoms with E-state index >= 15 is 0 Å². The molecular formula is C20H19F3.